The lowest BCUT2D eigenvalue weighted by atomic mass is 10.1. The van der Waals surface area contributed by atoms with Gasteiger partial charge < -0.3 is 21.4 Å². The van der Waals surface area contributed by atoms with E-state index in [0.29, 0.717) is 0 Å². The summed E-state index contributed by atoms with van der Waals surface area (Å²) in [5.74, 6) is -2.64. The van der Waals surface area contributed by atoms with Crippen molar-refractivity contribution in [1.82, 2.24) is 0 Å². The lowest BCUT2D eigenvalue weighted by molar-refractivity contribution is 0.0652. The van der Waals surface area contributed by atoms with E-state index < -0.39 is 11.9 Å². The monoisotopic (exact) mass is 235 g/mol. The standard InChI is InChI=1S/C8H7NO4.ClH.H2O/c9-5-3-1-2-4(7(10)11)6(5)8(12)13;;/h1-3H,9H2,(H,10,11)(H,12,13);1H;1H2. The molecule has 0 fully saturated rings. The molecular formula is C8H10ClNO5. The number of hydrogen-bond donors (Lipinski definition) is 3. The predicted octanol–water partition coefficient (Wildman–Crippen LogP) is 0.262. The van der Waals surface area contributed by atoms with Crippen LogP contribution in [0.3, 0.4) is 0 Å². The van der Waals surface area contributed by atoms with Crippen LogP contribution in [0, 0.1) is 0 Å². The third kappa shape index (κ3) is 3.12. The average Bonchev–Trinajstić information content (AvgIpc) is 2.02. The van der Waals surface area contributed by atoms with E-state index in [1.807, 2.05) is 0 Å². The molecule has 0 heterocycles. The van der Waals surface area contributed by atoms with Gasteiger partial charge in [0.15, 0.2) is 0 Å². The summed E-state index contributed by atoms with van der Waals surface area (Å²) in [5.41, 5.74) is 4.60. The van der Waals surface area contributed by atoms with Gasteiger partial charge in [-0.05, 0) is 12.1 Å². The van der Waals surface area contributed by atoms with E-state index in [1.54, 1.807) is 0 Å². The molecule has 1 aromatic rings. The van der Waals surface area contributed by atoms with Crippen LogP contribution < -0.4 is 5.73 Å². The predicted molar refractivity (Wildman–Crippen MR) is 55.6 cm³/mol. The van der Waals surface area contributed by atoms with Crippen LogP contribution in [0.5, 0.6) is 0 Å². The summed E-state index contributed by atoms with van der Waals surface area (Å²) in [5, 5.41) is 17.3. The van der Waals surface area contributed by atoms with E-state index >= 15 is 0 Å². The van der Waals surface area contributed by atoms with E-state index in [2.05, 4.69) is 0 Å². The summed E-state index contributed by atoms with van der Waals surface area (Å²) in [7, 11) is 0. The van der Waals surface area contributed by atoms with Gasteiger partial charge in [0, 0.05) is 5.69 Å². The zero-order valence-electron chi connectivity index (χ0n) is 7.43. The van der Waals surface area contributed by atoms with Crippen LogP contribution in [-0.2, 0) is 0 Å². The molecule has 15 heavy (non-hydrogen) atoms. The van der Waals surface area contributed by atoms with Crippen molar-refractivity contribution >= 4 is 30.0 Å². The number of halogens is 1. The Kier molecular flexibility index (Phi) is 6.10. The molecule has 0 aliphatic carbocycles. The van der Waals surface area contributed by atoms with Crippen molar-refractivity contribution in [3.8, 4) is 0 Å². The number of benzene rings is 1. The van der Waals surface area contributed by atoms with Gasteiger partial charge in [-0.3, -0.25) is 0 Å². The molecule has 7 heteroatoms. The minimum Gasteiger partial charge on any atom is -0.478 e. The summed E-state index contributed by atoms with van der Waals surface area (Å²) in [6.07, 6.45) is 0. The largest absolute Gasteiger partial charge is 0.478 e. The highest BCUT2D eigenvalue weighted by Gasteiger charge is 2.17. The molecule has 0 saturated carbocycles. The van der Waals surface area contributed by atoms with Crippen LogP contribution in [0.2, 0.25) is 0 Å². The van der Waals surface area contributed by atoms with Gasteiger partial charge in [-0.2, -0.15) is 0 Å². The quantitative estimate of drug-likeness (QED) is 0.633. The van der Waals surface area contributed by atoms with Crippen molar-refractivity contribution in [3.63, 3.8) is 0 Å². The summed E-state index contributed by atoms with van der Waals surface area (Å²) < 4.78 is 0. The first-order valence-electron chi connectivity index (χ1n) is 3.39. The van der Waals surface area contributed by atoms with E-state index in [4.69, 9.17) is 15.9 Å². The topological polar surface area (TPSA) is 132 Å². The second kappa shape index (κ2) is 5.84. The molecule has 0 radical (unpaired) electrons. The van der Waals surface area contributed by atoms with Crippen LogP contribution in [-0.4, -0.2) is 27.6 Å². The molecule has 0 atom stereocenters. The number of nitrogens with two attached hydrogens (primary N) is 1. The summed E-state index contributed by atoms with van der Waals surface area (Å²) in [6.45, 7) is 0. The smallest absolute Gasteiger partial charge is 0.338 e. The SMILES string of the molecule is Cl.Nc1cccc(C(=O)O)c1C(=O)O.O. The lowest BCUT2D eigenvalue weighted by Gasteiger charge is -2.03. The fourth-order valence-corrected chi connectivity index (χ4v) is 0.987. The highest BCUT2D eigenvalue weighted by Crippen LogP contribution is 2.16. The third-order valence-electron chi connectivity index (χ3n) is 1.54. The molecule has 0 aromatic heterocycles. The lowest BCUT2D eigenvalue weighted by Crippen LogP contribution is -2.10. The zero-order chi connectivity index (χ0) is 10.0. The summed E-state index contributed by atoms with van der Waals surface area (Å²) in [4.78, 5) is 21.2. The molecule has 0 spiro atoms. The van der Waals surface area contributed by atoms with Crippen LogP contribution in [0.1, 0.15) is 20.7 Å². The van der Waals surface area contributed by atoms with Gasteiger partial charge >= 0.3 is 11.9 Å². The second-order valence-electron chi connectivity index (χ2n) is 2.38. The molecule has 6 nitrogen and oxygen atoms in total. The molecule has 6 N–H and O–H groups in total. The maximum atomic E-state index is 10.6. The number of carboxylic acids is 2. The number of carbonyl (C=O) groups is 2. The molecule has 1 rings (SSSR count). The normalized spacial score (nSPS) is 8.27. The Morgan fingerprint density at radius 3 is 2.00 bits per heavy atom. The van der Waals surface area contributed by atoms with Gasteiger partial charge in [-0.15, -0.1) is 12.4 Å². The summed E-state index contributed by atoms with van der Waals surface area (Å²) >= 11 is 0. The number of anilines is 1. The van der Waals surface area contributed by atoms with E-state index in [-0.39, 0.29) is 34.7 Å². The van der Waals surface area contributed by atoms with Gasteiger partial charge in [-0.25, -0.2) is 9.59 Å². The number of hydrogen-bond acceptors (Lipinski definition) is 3. The Bertz CT molecular complexity index is 379. The van der Waals surface area contributed by atoms with Crippen molar-refractivity contribution in [3.05, 3.63) is 29.3 Å². The first-order valence-corrected chi connectivity index (χ1v) is 3.39. The molecule has 84 valence electrons. The maximum absolute atomic E-state index is 10.6. The minimum absolute atomic E-state index is 0. The molecule has 0 bridgehead atoms. The highest BCUT2D eigenvalue weighted by molar-refractivity contribution is 6.05. The van der Waals surface area contributed by atoms with Crippen molar-refractivity contribution in [2.75, 3.05) is 5.73 Å². The molecule has 0 unspecified atom stereocenters. The van der Waals surface area contributed by atoms with Crippen LogP contribution in [0.15, 0.2) is 18.2 Å². The zero-order valence-corrected chi connectivity index (χ0v) is 8.25. The first kappa shape index (κ1) is 15.7. The van der Waals surface area contributed by atoms with Gasteiger partial charge in [0.25, 0.3) is 0 Å². The fraction of sp³-hybridized carbons (Fsp3) is 0. The molecule has 0 aliphatic heterocycles. The molecule has 0 saturated heterocycles. The van der Waals surface area contributed by atoms with Crippen LogP contribution in [0.25, 0.3) is 0 Å². The summed E-state index contributed by atoms with van der Waals surface area (Å²) in [6, 6.07) is 3.93. The minimum atomic E-state index is -1.34. The van der Waals surface area contributed by atoms with Crippen molar-refractivity contribution < 1.29 is 25.3 Å². The first-order chi connectivity index (χ1) is 6.04. The number of rotatable bonds is 2. The molecule has 0 aliphatic rings. The number of carboxylic acid groups (broad SMARTS) is 2. The third-order valence-corrected chi connectivity index (χ3v) is 1.54. The fourth-order valence-electron chi connectivity index (χ4n) is 0.987. The van der Waals surface area contributed by atoms with Crippen LogP contribution in [0.4, 0.5) is 5.69 Å². The maximum Gasteiger partial charge on any atom is 0.338 e. The molecule has 1 aromatic carbocycles. The molecular weight excluding hydrogens is 226 g/mol. The average molecular weight is 236 g/mol. The van der Waals surface area contributed by atoms with Crippen molar-refractivity contribution in [2.45, 2.75) is 0 Å². The number of aromatic carboxylic acids is 2. The van der Waals surface area contributed by atoms with Gasteiger partial charge in [-0.1, -0.05) is 6.07 Å². The Morgan fingerprint density at radius 1 is 1.13 bits per heavy atom. The van der Waals surface area contributed by atoms with E-state index in [1.165, 1.54) is 18.2 Å². The van der Waals surface area contributed by atoms with E-state index in [0.717, 1.165) is 0 Å². The Balaban J connectivity index is 0. The Labute approximate surface area is 91.0 Å². The number of nitrogen functional groups attached to an aromatic ring is 1. The second-order valence-corrected chi connectivity index (χ2v) is 2.38. The Hall–Kier alpha value is -1.79. The van der Waals surface area contributed by atoms with Gasteiger partial charge in [0.2, 0.25) is 0 Å². The molecule has 0 amide bonds. The van der Waals surface area contributed by atoms with Crippen LogP contribution >= 0.6 is 12.4 Å². The highest BCUT2D eigenvalue weighted by atomic mass is 35.5. The van der Waals surface area contributed by atoms with Gasteiger partial charge in [0.1, 0.15) is 0 Å². The van der Waals surface area contributed by atoms with Crippen molar-refractivity contribution in [1.29, 1.82) is 0 Å². The van der Waals surface area contributed by atoms with Crippen molar-refractivity contribution in [2.24, 2.45) is 0 Å². The van der Waals surface area contributed by atoms with E-state index in [9.17, 15) is 9.59 Å². The van der Waals surface area contributed by atoms with Gasteiger partial charge in [0.05, 0.1) is 11.1 Å². The Morgan fingerprint density at radius 2 is 1.67 bits per heavy atom.